The Kier molecular flexibility index (Phi) is 6.88. The van der Waals surface area contributed by atoms with Crippen molar-refractivity contribution in [2.45, 2.75) is 34.2 Å². The van der Waals surface area contributed by atoms with Gasteiger partial charge in [-0.2, -0.15) is 0 Å². The average molecular weight is 500 g/mol. The van der Waals surface area contributed by atoms with Gasteiger partial charge in [-0.3, -0.25) is 10.1 Å². The number of nitro groups is 1. The van der Waals surface area contributed by atoms with Gasteiger partial charge in [0.25, 0.3) is 5.69 Å². The van der Waals surface area contributed by atoms with Crippen molar-refractivity contribution in [3.8, 4) is 5.75 Å². The highest BCUT2D eigenvalue weighted by Gasteiger charge is 2.18. The fourth-order valence-electron chi connectivity index (χ4n) is 4.22. The van der Waals surface area contributed by atoms with Crippen LogP contribution in [0.2, 0.25) is 0 Å². The van der Waals surface area contributed by atoms with E-state index in [1.807, 2.05) is 32.0 Å². The number of hydrogen-bond donors (Lipinski definition) is 0. The van der Waals surface area contributed by atoms with Gasteiger partial charge in [-0.15, -0.1) is 0 Å². The summed E-state index contributed by atoms with van der Waals surface area (Å²) in [7, 11) is 0. The molecule has 0 bridgehead atoms. The van der Waals surface area contributed by atoms with Crippen molar-refractivity contribution < 1.29 is 24.1 Å². The number of aromatic nitrogens is 1. The predicted molar refractivity (Wildman–Crippen MR) is 141 cm³/mol. The van der Waals surface area contributed by atoms with E-state index in [9.17, 15) is 19.7 Å². The van der Waals surface area contributed by atoms with E-state index in [4.69, 9.17) is 9.57 Å². The summed E-state index contributed by atoms with van der Waals surface area (Å²) in [4.78, 5) is 39.6. The highest BCUT2D eigenvalue weighted by molar-refractivity contribution is 6.17. The van der Waals surface area contributed by atoms with Gasteiger partial charge in [0.05, 0.1) is 4.92 Å². The Bertz CT molecular complexity index is 1630. The van der Waals surface area contributed by atoms with Crippen LogP contribution in [0.1, 0.15) is 37.5 Å². The molecule has 3 aromatic carbocycles. The van der Waals surface area contributed by atoms with Crippen LogP contribution >= 0.6 is 0 Å². The zero-order valence-corrected chi connectivity index (χ0v) is 20.9. The second kappa shape index (κ2) is 10.1. The first-order valence-corrected chi connectivity index (χ1v) is 11.6. The van der Waals surface area contributed by atoms with Crippen LogP contribution in [0.25, 0.3) is 21.8 Å². The number of ether oxygens (including phenoxy) is 1. The summed E-state index contributed by atoms with van der Waals surface area (Å²) < 4.78 is 7.41. The molecule has 0 saturated carbocycles. The highest BCUT2D eigenvalue weighted by Crippen LogP contribution is 2.33. The van der Waals surface area contributed by atoms with E-state index in [0.29, 0.717) is 29.1 Å². The van der Waals surface area contributed by atoms with Crippen molar-refractivity contribution in [2.75, 3.05) is 0 Å². The summed E-state index contributed by atoms with van der Waals surface area (Å²) in [6.45, 7) is 10.9. The summed E-state index contributed by atoms with van der Waals surface area (Å²) in [5, 5.41) is 17.1. The molecule has 0 saturated heterocycles. The maximum absolute atomic E-state index is 11.9. The molecular weight excluding hydrogens is 474 g/mol. The van der Waals surface area contributed by atoms with Gasteiger partial charge >= 0.3 is 11.9 Å². The molecule has 0 unspecified atom stereocenters. The quantitative estimate of drug-likeness (QED) is 0.0601. The van der Waals surface area contributed by atoms with E-state index in [0.717, 1.165) is 27.4 Å². The van der Waals surface area contributed by atoms with Crippen LogP contribution in [-0.2, 0) is 21.0 Å². The Morgan fingerprint density at radius 3 is 2.30 bits per heavy atom. The van der Waals surface area contributed by atoms with Gasteiger partial charge in [0.2, 0.25) is 0 Å². The molecule has 37 heavy (non-hydrogen) atoms. The van der Waals surface area contributed by atoms with Gasteiger partial charge in [-0.1, -0.05) is 17.8 Å². The van der Waals surface area contributed by atoms with E-state index in [1.54, 1.807) is 37.3 Å². The van der Waals surface area contributed by atoms with Crippen molar-refractivity contribution in [3.63, 3.8) is 0 Å². The maximum atomic E-state index is 11.9. The number of aryl methyl sites for hydroxylation is 2. The van der Waals surface area contributed by atoms with Crippen LogP contribution in [0.4, 0.5) is 5.69 Å². The third-order valence-corrected chi connectivity index (χ3v) is 5.93. The number of nitro benzene ring substituents is 1. The minimum atomic E-state index is -0.582. The molecule has 1 heterocycles. The van der Waals surface area contributed by atoms with Gasteiger partial charge < -0.3 is 14.1 Å². The second-order valence-electron chi connectivity index (χ2n) is 8.60. The molecule has 0 fully saturated rings. The average Bonchev–Trinajstić information content (AvgIpc) is 3.17. The number of fused-ring (bicyclic) bond motifs is 3. The summed E-state index contributed by atoms with van der Waals surface area (Å²) in [5.41, 5.74) is 4.47. The fraction of sp³-hybridized carbons (Fsp3) is 0.179. The van der Waals surface area contributed by atoms with Crippen LogP contribution in [0.3, 0.4) is 0 Å². The first kappa shape index (κ1) is 25.3. The van der Waals surface area contributed by atoms with Gasteiger partial charge in [-0.25, -0.2) is 9.59 Å². The molecule has 0 aliphatic rings. The van der Waals surface area contributed by atoms with Crippen LogP contribution in [0.15, 0.2) is 71.9 Å². The number of nitrogens with zero attached hydrogens (tertiary/aromatic N) is 3. The normalized spacial score (nSPS) is 11.5. The molecule has 1 aromatic heterocycles. The third-order valence-electron chi connectivity index (χ3n) is 5.93. The molecule has 0 radical (unpaired) electrons. The summed E-state index contributed by atoms with van der Waals surface area (Å²) in [6.07, 6.45) is 0. The molecular formula is C28H25N3O6. The minimum absolute atomic E-state index is 0.00222. The van der Waals surface area contributed by atoms with Crippen molar-refractivity contribution >= 4 is 45.1 Å². The molecule has 4 aromatic rings. The predicted octanol–water partition coefficient (Wildman–Crippen LogP) is 5.83. The lowest BCUT2D eigenvalue weighted by Gasteiger charge is -2.12. The summed E-state index contributed by atoms with van der Waals surface area (Å²) in [5.74, 6) is -0.774. The first-order valence-electron chi connectivity index (χ1n) is 11.6. The summed E-state index contributed by atoms with van der Waals surface area (Å²) in [6, 6.07) is 15.5. The Morgan fingerprint density at radius 1 is 1.03 bits per heavy atom. The Hall–Kier alpha value is -4.79. The van der Waals surface area contributed by atoms with E-state index in [1.165, 1.54) is 13.0 Å². The molecule has 188 valence electrons. The standard InChI is InChI=1S/C28H25N3O6/c1-6-30-25-11-7-19(14-23(25)24-15-20(31(34)35)8-12-26(24)30)27(29-37-18(5)32)22-10-9-21(13-17(22)4)36-28(33)16(2)3/h7-15H,2,6H2,1,3-5H3/b29-27-. The lowest BCUT2D eigenvalue weighted by molar-refractivity contribution is -0.384. The summed E-state index contributed by atoms with van der Waals surface area (Å²) >= 11 is 0. The molecule has 0 N–H and O–H groups in total. The van der Waals surface area contributed by atoms with E-state index in [2.05, 4.69) is 16.3 Å². The molecule has 4 rings (SSSR count). The number of rotatable bonds is 7. The second-order valence-corrected chi connectivity index (χ2v) is 8.60. The largest absolute Gasteiger partial charge is 0.423 e. The SMILES string of the molecule is C=C(C)C(=O)Oc1ccc(/C(=N\OC(C)=O)c2ccc3c(c2)c2cc([N+](=O)[O-])ccc2n3CC)c(C)c1. The monoisotopic (exact) mass is 499 g/mol. The number of benzene rings is 3. The Balaban J connectivity index is 1.89. The number of non-ortho nitro benzene ring substituents is 1. The zero-order valence-electron chi connectivity index (χ0n) is 20.9. The van der Waals surface area contributed by atoms with Crippen molar-refractivity contribution in [1.29, 1.82) is 0 Å². The van der Waals surface area contributed by atoms with Crippen LogP contribution in [0, 0.1) is 17.0 Å². The lowest BCUT2D eigenvalue weighted by atomic mass is 9.96. The molecule has 9 nitrogen and oxygen atoms in total. The number of esters is 1. The molecule has 0 spiro atoms. The molecule has 0 aliphatic heterocycles. The van der Waals surface area contributed by atoms with E-state index >= 15 is 0 Å². The van der Waals surface area contributed by atoms with E-state index in [-0.39, 0.29) is 11.3 Å². The third kappa shape index (κ3) is 4.97. The molecule has 0 amide bonds. The van der Waals surface area contributed by atoms with Gasteiger partial charge in [-0.05, 0) is 62.7 Å². The number of hydrogen-bond acceptors (Lipinski definition) is 7. The van der Waals surface area contributed by atoms with Crippen molar-refractivity contribution in [3.05, 3.63) is 93.6 Å². The van der Waals surface area contributed by atoms with Gasteiger partial charge in [0.1, 0.15) is 11.5 Å². The van der Waals surface area contributed by atoms with Crippen LogP contribution in [-0.4, -0.2) is 27.1 Å². The zero-order chi connectivity index (χ0) is 26.9. The number of carbonyl (C=O) groups is 2. The minimum Gasteiger partial charge on any atom is -0.423 e. The Morgan fingerprint density at radius 2 is 1.70 bits per heavy atom. The topological polar surface area (TPSA) is 113 Å². The van der Waals surface area contributed by atoms with Crippen molar-refractivity contribution in [2.24, 2.45) is 5.16 Å². The molecule has 9 heteroatoms. The molecule has 0 atom stereocenters. The van der Waals surface area contributed by atoms with Crippen LogP contribution in [0.5, 0.6) is 5.75 Å². The highest BCUT2D eigenvalue weighted by atomic mass is 16.7. The number of carbonyl (C=O) groups excluding carboxylic acids is 2. The fourth-order valence-corrected chi connectivity index (χ4v) is 4.22. The number of oxime groups is 1. The van der Waals surface area contributed by atoms with Crippen LogP contribution < -0.4 is 4.74 Å². The first-order chi connectivity index (χ1) is 17.6. The van der Waals surface area contributed by atoms with Gasteiger partial charge in [0.15, 0.2) is 0 Å². The smallest absolute Gasteiger partial charge is 0.338 e. The van der Waals surface area contributed by atoms with Gasteiger partial charge in [0, 0.05) is 64.1 Å². The molecule has 0 aliphatic carbocycles. The van der Waals surface area contributed by atoms with E-state index < -0.39 is 16.9 Å². The lowest BCUT2D eigenvalue weighted by Crippen LogP contribution is -2.10. The van der Waals surface area contributed by atoms with Crippen molar-refractivity contribution in [1.82, 2.24) is 4.57 Å². The maximum Gasteiger partial charge on any atom is 0.338 e. The Labute approximate surface area is 212 Å².